The van der Waals surface area contributed by atoms with Crippen molar-refractivity contribution in [3.05, 3.63) is 72.1 Å². The van der Waals surface area contributed by atoms with Gasteiger partial charge in [-0.25, -0.2) is 4.68 Å². The highest BCUT2D eigenvalue weighted by molar-refractivity contribution is 5.94. The van der Waals surface area contributed by atoms with Crippen molar-refractivity contribution in [2.75, 3.05) is 14.2 Å². The minimum atomic E-state index is -0.214. The zero-order chi connectivity index (χ0) is 18.5. The molecule has 1 heterocycles. The Morgan fingerprint density at radius 2 is 1.88 bits per heavy atom. The van der Waals surface area contributed by atoms with Crippen LogP contribution < -0.4 is 14.8 Å². The lowest BCUT2D eigenvalue weighted by atomic mass is 10.1. The van der Waals surface area contributed by atoms with Gasteiger partial charge in [0.25, 0.3) is 5.91 Å². The van der Waals surface area contributed by atoms with Crippen LogP contribution in [0.2, 0.25) is 0 Å². The number of carbonyl (C=O) groups is 1. The van der Waals surface area contributed by atoms with Crippen LogP contribution in [-0.2, 0) is 0 Å². The van der Waals surface area contributed by atoms with Gasteiger partial charge in [0.1, 0.15) is 11.5 Å². The van der Waals surface area contributed by atoms with Gasteiger partial charge >= 0.3 is 0 Å². The van der Waals surface area contributed by atoms with Gasteiger partial charge in [0, 0.05) is 29.6 Å². The van der Waals surface area contributed by atoms with Gasteiger partial charge < -0.3 is 14.8 Å². The van der Waals surface area contributed by atoms with Crippen LogP contribution in [0.5, 0.6) is 11.5 Å². The molecule has 0 bridgehead atoms. The standard InChI is InChI=1S/C20H21N3O3/c1-14(18-10-9-17(25-2)13-19(18)26-3)22-20(24)15-5-7-16(8-6-15)23-12-4-11-21-23/h4-14H,1-3H3,(H,22,24)/t14-/m0/s1. The van der Waals surface area contributed by atoms with Gasteiger partial charge in [-0.2, -0.15) is 5.10 Å². The van der Waals surface area contributed by atoms with Crippen molar-refractivity contribution in [3.63, 3.8) is 0 Å². The molecule has 0 unspecified atom stereocenters. The van der Waals surface area contributed by atoms with Crippen LogP contribution in [0.4, 0.5) is 0 Å². The fourth-order valence-corrected chi connectivity index (χ4v) is 2.72. The molecule has 0 aliphatic carbocycles. The molecule has 0 aliphatic heterocycles. The summed E-state index contributed by atoms with van der Waals surface area (Å²) < 4.78 is 12.4. The minimum Gasteiger partial charge on any atom is -0.497 e. The number of aromatic nitrogens is 2. The molecule has 1 amide bonds. The summed E-state index contributed by atoms with van der Waals surface area (Å²) in [5.41, 5.74) is 2.37. The zero-order valence-electron chi connectivity index (χ0n) is 15.0. The number of nitrogens with zero attached hydrogens (tertiary/aromatic N) is 2. The van der Waals surface area contributed by atoms with E-state index in [1.54, 1.807) is 43.3 Å². The molecule has 1 aromatic heterocycles. The van der Waals surface area contributed by atoms with Crippen molar-refractivity contribution < 1.29 is 14.3 Å². The molecule has 6 nitrogen and oxygen atoms in total. The van der Waals surface area contributed by atoms with Gasteiger partial charge in [-0.15, -0.1) is 0 Å². The number of ether oxygens (including phenoxy) is 2. The summed E-state index contributed by atoms with van der Waals surface area (Å²) in [5, 5.41) is 7.17. The largest absolute Gasteiger partial charge is 0.497 e. The first-order valence-corrected chi connectivity index (χ1v) is 8.25. The van der Waals surface area contributed by atoms with Crippen molar-refractivity contribution in [3.8, 4) is 17.2 Å². The fourth-order valence-electron chi connectivity index (χ4n) is 2.72. The van der Waals surface area contributed by atoms with E-state index in [2.05, 4.69) is 10.4 Å². The van der Waals surface area contributed by atoms with Crippen LogP contribution in [0, 0.1) is 0 Å². The quantitative estimate of drug-likeness (QED) is 0.739. The van der Waals surface area contributed by atoms with Crippen LogP contribution in [0.3, 0.4) is 0 Å². The van der Waals surface area contributed by atoms with E-state index in [4.69, 9.17) is 9.47 Å². The van der Waals surface area contributed by atoms with E-state index < -0.39 is 0 Å². The predicted octanol–water partition coefficient (Wildman–Crippen LogP) is 3.38. The number of benzene rings is 2. The maximum absolute atomic E-state index is 12.5. The van der Waals surface area contributed by atoms with Crippen LogP contribution in [-0.4, -0.2) is 29.9 Å². The number of carbonyl (C=O) groups excluding carboxylic acids is 1. The van der Waals surface area contributed by atoms with Gasteiger partial charge in [-0.05, 0) is 49.4 Å². The highest BCUT2D eigenvalue weighted by Gasteiger charge is 2.16. The SMILES string of the molecule is COc1ccc([C@H](C)NC(=O)c2ccc(-n3cccn3)cc2)c(OC)c1. The monoisotopic (exact) mass is 351 g/mol. The van der Waals surface area contributed by atoms with Gasteiger partial charge in [-0.3, -0.25) is 4.79 Å². The van der Waals surface area contributed by atoms with E-state index in [0.29, 0.717) is 17.1 Å². The Balaban J connectivity index is 1.73. The van der Waals surface area contributed by atoms with Crippen molar-refractivity contribution in [1.82, 2.24) is 15.1 Å². The van der Waals surface area contributed by atoms with Crippen LogP contribution >= 0.6 is 0 Å². The second-order valence-electron chi connectivity index (χ2n) is 5.80. The first-order chi connectivity index (χ1) is 12.6. The number of methoxy groups -OCH3 is 2. The first kappa shape index (κ1) is 17.5. The molecule has 3 rings (SSSR count). The lowest BCUT2D eigenvalue weighted by Crippen LogP contribution is -2.27. The molecule has 0 saturated carbocycles. The molecule has 0 fully saturated rings. The Morgan fingerprint density at radius 3 is 2.50 bits per heavy atom. The topological polar surface area (TPSA) is 65.4 Å². The average Bonchev–Trinajstić information content (AvgIpc) is 3.22. The molecule has 0 radical (unpaired) electrons. The molecule has 3 aromatic rings. The molecular weight excluding hydrogens is 330 g/mol. The Labute approximate surface area is 152 Å². The van der Waals surface area contributed by atoms with Crippen molar-refractivity contribution >= 4 is 5.91 Å². The summed E-state index contributed by atoms with van der Waals surface area (Å²) in [6, 6.07) is 14.5. The number of nitrogens with one attached hydrogen (secondary N) is 1. The van der Waals surface area contributed by atoms with E-state index >= 15 is 0 Å². The maximum Gasteiger partial charge on any atom is 0.251 e. The maximum atomic E-state index is 12.5. The Hall–Kier alpha value is -3.28. The molecule has 6 heteroatoms. The average molecular weight is 351 g/mol. The third-order valence-electron chi connectivity index (χ3n) is 4.15. The number of amides is 1. The normalized spacial score (nSPS) is 11.7. The molecule has 26 heavy (non-hydrogen) atoms. The molecule has 0 aliphatic rings. The van der Waals surface area contributed by atoms with E-state index in [1.165, 1.54) is 0 Å². The van der Waals surface area contributed by atoms with Crippen LogP contribution in [0.25, 0.3) is 5.69 Å². The number of hydrogen-bond acceptors (Lipinski definition) is 4. The van der Waals surface area contributed by atoms with Gasteiger partial charge in [0.05, 0.1) is 25.9 Å². The molecule has 1 N–H and O–H groups in total. The smallest absolute Gasteiger partial charge is 0.251 e. The summed E-state index contributed by atoms with van der Waals surface area (Å²) in [7, 11) is 3.20. The van der Waals surface area contributed by atoms with E-state index in [-0.39, 0.29) is 11.9 Å². The number of rotatable bonds is 6. The second-order valence-corrected chi connectivity index (χ2v) is 5.80. The third kappa shape index (κ3) is 3.69. The molecule has 134 valence electrons. The zero-order valence-corrected chi connectivity index (χ0v) is 15.0. The second kappa shape index (κ2) is 7.74. The first-order valence-electron chi connectivity index (χ1n) is 8.25. The summed E-state index contributed by atoms with van der Waals surface area (Å²) in [5.74, 6) is 1.23. The van der Waals surface area contributed by atoms with Gasteiger partial charge in [-0.1, -0.05) is 0 Å². The Kier molecular flexibility index (Phi) is 5.22. The van der Waals surface area contributed by atoms with Crippen LogP contribution in [0.15, 0.2) is 60.9 Å². The third-order valence-corrected chi connectivity index (χ3v) is 4.15. The van der Waals surface area contributed by atoms with E-state index in [0.717, 1.165) is 11.3 Å². The van der Waals surface area contributed by atoms with Crippen LogP contribution in [0.1, 0.15) is 28.9 Å². The molecule has 0 spiro atoms. The summed E-state index contributed by atoms with van der Waals surface area (Å²) in [4.78, 5) is 12.5. The molecule has 2 aromatic carbocycles. The van der Waals surface area contributed by atoms with Crippen molar-refractivity contribution in [2.24, 2.45) is 0 Å². The summed E-state index contributed by atoms with van der Waals surface area (Å²) >= 11 is 0. The summed E-state index contributed by atoms with van der Waals surface area (Å²) in [6.07, 6.45) is 3.57. The molecule has 0 saturated heterocycles. The van der Waals surface area contributed by atoms with E-state index in [9.17, 15) is 4.79 Å². The molecule has 1 atom stereocenters. The lowest BCUT2D eigenvalue weighted by molar-refractivity contribution is 0.0939. The Morgan fingerprint density at radius 1 is 1.12 bits per heavy atom. The minimum absolute atomic E-state index is 0.151. The number of hydrogen-bond donors (Lipinski definition) is 1. The highest BCUT2D eigenvalue weighted by Crippen LogP contribution is 2.29. The van der Waals surface area contributed by atoms with Gasteiger partial charge in [0.15, 0.2) is 0 Å². The van der Waals surface area contributed by atoms with Crippen molar-refractivity contribution in [2.45, 2.75) is 13.0 Å². The lowest BCUT2D eigenvalue weighted by Gasteiger charge is -2.18. The predicted molar refractivity (Wildman–Crippen MR) is 99.0 cm³/mol. The fraction of sp³-hybridized carbons (Fsp3) is 0.200. The Bertz CT molecular complexity index is 874. The molecular formula is C20H21N3O3. The van der Waals surface area contributed by atoms with Crippen molar-refractivity contribution in [1.29, 1.82) is 0 Å². The van der Waals surface area contributed by atoms with E-state index in [1.807, 2.05) is 43.5 Å². The highest BCUT2D eigenvalue weighted by atomic mass is 16.5. The van der Waals surface area contributed by atoms with Gasteiger partial charge in [0.2, 0.25) is 0 Å². The summed E-state index contributed by atoms with van der Waals surface area (Å²) in [6.45, 7) is 1.92.